The van der Waals surface area contributed by atoms with Crippen molar-refractivity contribution in [3.63, 3.8) is 0 Å². The fourth-order valence-corrected chi connectivity index (χ4v) is 5.38. The molecule has 0 aliphatic rings. The van der Waals surface area contributed by atoms with Gasteiger partial charge < -0.3 is 20.6 Å². The van der Waals surface area contributed by atoms with E-state index in [0.29, 0.717) is 5.69 Å². The quantitative estimate of drug-likeness (QED) is 0.220. The molecule has 0 fully saturated rings. The van der Waals surface area contributed by atoms with E-state index in [9.17, 15) is 27.5 Å². The van der Waals surface area contributed by atoms with Crippen molar-refractivity contribution in [1.29, 1.82) is 0 Å². The van der Waals surface area contributed by atoms with E-state index >= 15 is 0 Å². The van der Waals surface area contributed by atoms with E-state index in [-0.39, 0.29) is 26.9 Å². The molecule has 0 radical (unpaired) electrons. The Morgan fingerprint density at radius 1 is 0.900 bits per heavy atom. The van der Waals surface area contributed by atoms with Crippen LogP contribution in [-0.4, -0.2) is 37.6 Å². The Labute approximate surface area is 235 Å². The number of rotatable bonds is 8. The number of phenols is 1. The average molecular weight is 582 g/mol. The molecule has 206 valence electrons. The first kappa shape index (κ1) is 28.6. The topological polar surface area (TPSA) is 116 Å². The Kier molecular flexibility index (Phi) is 8.41. The third-order valence-electron chi connectivity index (χ3n) is 6.15. The van der Waals surface area contributed by atoms with Gasteiger partial charge in [0.2, 0.25) is 5.91 Å². The molecule has 8 nitrogen and oxygen atoms in total. The Balaban J connectivity index is 1.46. The number of carbonyl (C=O) groups is 2. The molecule has 4 rings (SSSR count). The van der Waals surface area contributed by atoms with Gasteiger partial charge in [0.1, 0.15) is 16.8 Å². The number of amides is 2. The second-order valence-electron chi connectivity index (χ2n) is 8.91. The molecule has 0 aliphatic heterocycles. The number of halogens is 2. The second-order valence-corrected chi connectivity index (χ2v) is 11.6. The van der Waals surface area contributed by atoms with Crippen LogP contribution in [-0.2, 0) is 14.6 Å². The summed E-state index contributed by atoms with van der Waals surface area (Å²) < 4.78 is 40.1. The number of carbonyl (C=O) groups excluding carboxylic acids is 2. The number of hydrogen-bond acceptors (Lipinski definition) is 6. The first-order valence-corrected chi connectivity index (χ1v) is 13.9. The molecule has 0 saturated heterocycles. The summed E-state index contributed by atoms with van der Waals surface area (Å²) in [5, 5.41) is 13.9. The number of benzene rings is 4. The Morgan fingerprint density at radius 3 is 2.27 bits per heavy atom. The summed E-state index contributed by atoms with van der Waals surface area (Å²) in [6.07, 6.45) is 0. The summed E-state index contributed by atoms with van der Waals surface area (Å²) in [4.78, 5) is 27.1. The first-order valence-electron chi connectivity index (χ1n) is 12.0. The summed E-state index contributed by atoms with van der Waals surface area (Å²) in [5.74, 6) is -2.62. The molecule has 0 bridgehead atoms. The number of sulfone groups is 1. The zero-order chi connectivity index (χ0) is 29.0. The second kappa shape index (κ2) is 11.8. The summed E-state index contributed by atoms with van der Waals surface area (Å²) in [5.41, 5.74) is 1.53. The number of nitrogens with zero attached hydrogens (tertiary/aromatic N) is 1. The van der Waals surface area contributed by atoms with Crippen molar-refractivity contribution in [2.75, 3.05) is 22.6 Å². The first-order chi connectivity index (χ1) is 19.0. The smallest absolute Gasteiger partial charge is 0.255 e. The molecule has 40 heavy (non-hydrogen) atoms. The SMILES string of the molecule is CC(C(=O)Nc1ccc(NC(=O)c2cc(F)cc(Cl)c2)c(O)c1)S(=O)(=O)c1cccc(N(C)c2ccccc2)c1. The molecular formula is C29H25ClFN3O5S. The lowest BCUT2D eigenvalue weighted by Gasteiger charge is -2.21. The van der Waals surface area contributed by atoms with E-state index in [0.717, 1.165) is 23.9 Å². The molecule has 0 heterocycles. The zero-order valence-electron chi connectivity index (χ0n) is 21.4. The van der Waals surface area contributed by atoms with Crippen molar-refractivity contribution in [2.45, 2.75) is 17.1 Å². The predicted molar refractivity (Wildman–Crippen MR) is 154 cm³/mol. The zero-order valence-corrected chi connectivity index (χ0v) is 23.0. The van der Waals surface area contributed by atoms with E-state index in [1.807, 2.05) is 42.3 Å². The van der Waals surface area contributed by atoms with E-state index in [1.54, 1.807) is 12.1 Å². The average Bonchev–Trinajstić information content (AvgIpc) is 2.93. The van der Waals surface area contributed by atoms with Gasteiger partial charge >= 0.3 is 0 Å². The van der Waals surface area contributed by atoms with Crippen LogP contribution in [0, 0.1) is 5.82 Å². The highest BCUT2D eigenvalue weighted by Gasteiger charge is 2.30. The van der Waals surface area contributed by atoms with Crippen molar-refractivity contribution in [3.05, 3.63) is 107 Å². The summed E-state index contributed by atoms with van der Waals surface area (Å²) >= 11 is 5.79. The van der Waals surface area contributed by atoms with Crippen LogP contribution in [0.2, 0.25) is 5.02 Å². The van der Waals surface area contributed by atoms with Gasteiger partial charge in [-0.05, 0) is 67.6 Å². The Morgan fingerprint density at radius 2 is 1.60 bits per heavy atom. The van der Waals surface area contributed by atoms with Crippen molar-refractivity contribution in [3.8, 4) is 5.75 Å². The van der Waals surface area contributed by atoms with Crippen molar-refractivity contribution >= 4 is 56.0 Å². The normalized spacial score (nSPS) is 11.9. The van der Waals surface area contributed by atoms with E-state index in [4.69, 9.17) is 11.6 Å². The van der Waals surface area contributed by atoms with Crippen LogP contribution >= 0.6 is 11.6 Å². The van der Waals surface area contributed by atoms with Gasteiger partial charge in [-0.3, -0.25) is 9.59 Å². The fourth-order valence-electron chi connectivity index (χ4n) is 3.85. The lowest BCUT2D eigenvalue weighted by molar-refractivity contribution is -0.115. The third kappa shape index (κ3) is 6.41. The van der Waals surface area contributed by atoms with Crippen molar-refractivity contribution in [2.24, 2.45) is 0 Å². The molecule has 3 N–H and O–H groups in total. The minimum Gasteiger partial charge on any atom is -0.506 e. The molecule has 0 aliphatic carbocycles. The lowest BCUT2D eigenvalue weighted by atomic mass is 10.2. The molecule has 4 aromatic carbocycles. The Bertz CT molecular complexity index is 1660. The van der Waals surface area contributed by atoms with Crippen LogP contribution in [0.15, 0.2) is 95.9 Å². The van der Waals surface area contributed by atoms with Gasteiger partial charge in [0, 0.05) is 40.8 Å². The molecule has 0 saturated carbocycles. The van der Waals surface area contributed by atoms with E-state index < -0.39 is 38.5 Å². The molecule has 1 unspecified atom stereocenters. The molecule has 0 aromatic heterocycles. The van der Waals surface area contributed by atoms with Crippen LogP contribution in [0.4, 0.5) is 27.1 Å². The molecule has 0 spiro atoms. The fraction of sp³-hybridized carbons (Fsp3) is 0.103. The van der Waals surface area contributed by atoms with Crippen LogP contribution in [0.1, 0.15) is 17.3 Å². The molecular weight excluding hydrogens is 557 g/mol. The van der Waals surface area contributed by atoms with Crippen LogP contribution in [0.25, 0.3) is 0 Å². The molecule has 11 heteroatoms. The molecule has 1 atom stereocenters. The van der Waals surface area contributed by atoms with Gasteiger partial charge in [-0.25, -0.2) is 12.8 Å². The van der Waals surface area contributed by atoms with Gasteiger partial charge in [0.15, 0.2) is 9.84 Å². The minimum atomic E-state index is -4.07. The number of aromatic hydroxyl groups is 1. The van der Waals surface area contributed by atoms with Gasteiger partial charge in [0.05, 0.1) is 10.6 Å². The van der Waals surface area contributed by atoms with Gasteiger partial charge in [-0.2, -0.15) is 0 Å². The van der Waals surface area contributed by atoms with Gasteiger partial charge in [-0.15, -0.1) is 0 Å². The number of anilines is 4. The van der Waals surface area contributed by atoms with Crippen LogP contribution in [0.5, 0.6) is 5.75 Å². The Hall–Kier alpha value is -4.41. The third-order valence-corrected chi connectivity index (χ3v) is 8.42. The maximum Gasteiger partial charge on any atom is 0.255 e. The highest BCUT2D eigenvalue weighted by atomic mass is 35.5. The largest absolute Gasteiger partial charge is 0.506 e. The van der Waals surface area contributed by atoms with E-state index in [2.05, 4.69) is 10.6 Å². The molecule has 2 amide bonds. The highest BCUT2D eigenvalue weighted by Crippen LogP contribution is 2.30. The van der Waals surface area contributed by atoms with Gasteiger partial charge in [0.25, 0.3) is 5.91 Å². The molecule has 4 aromatic rings. The number of para-hydroxylation sites is 1. The lowest BCUT2D eigenvalue weighted by Crippen LogP contribution is -2.32. The monoisotopic (exact) mass is 581 g/mol. The standard InChI is InChI=1S/C29H25ClFN3O5S/c1-18(40(38,39)25-10-6-9-24(17-25)34(2)23-7-4-3-5-8-23)28(36)32-22-11-12-26(27(35)16-22)33-29(37)19-13-20(30)15-21(31)14-19/h3-18,35H,1-2H3,(H,32,36)(H,33,37). The highest BCUT2D eigenvalue weighted by molar-refractivity contribution is 7.92. The maximum atomic E-state index is 13.6. The summed E-state index contributed by atoms with van der Waals surface area (Å²) in [7, 11) is -2.26. The number of nitrogens with one attached hydrogen (secondary N) is 2. The summed E-state index contributed by atoms with van der Waals surface area (Å²) in [6.45, 7) is 1.27. The number of phenolic OH excluding ortho intramolecular Hbond substituents is 1. The number of hydrogen-bond donors (Lipinski definition) is 3. The van der Waals surface area contributed by atoms with Crippen LogP contribution in [0.3, 0.4) is 0 Å². The van der Waals surface area contributed by atoms with Crippen molar-refractivity contribution < 1.29 is 27.5 Å². The van der Waals surface area contributed by atoms with Crippen molar-refractivity contribution in [1.82, 2.24) is 0 Å². The van der Waals surface area contributed by atoms with E-state index in [1.165, 1.54) is 37.3 Å². The predicted octanol–water partition coefficient (Wildman–Crippen LogP) is 6.01. The summed E-state index contributed by atoms with van der Waals surface area (Å²) in [6, 6.07) is 22.9. The van der Waals surface area contributed by atoms with Crippen LogP contribution < -0.4 is 15.5 Å². The van der Waals surface area contributed by atoms with Gasteiger partial charge in [-0.1, -0.05) is 35.9 Å². The minimum absolute atomic E-state index is 0.0107. The maximum absolute atomic E-state index is 13.6.